The molecular weight excluding hydrogens is 368 g/mol. The minimum Gasteiger partial charge on any atom is -0.326 e. The van der Waals surface area contributed by atoms with Crippen molar-refractivity contribution < 1.29 is 13.2 Å². The summed E-state index contributed by atoms with van der Waals surface area (Å²) >= 11 is 3.36. The number of amides is 1. The van der Waals surface area contributed by atoms with Crippen LogP contribution >= 0.6 is 15.9 Å². The zero-order valence-electron chi connectivity index (χ0n) is 12.6. The number of carbonyl (C=O) groups is 1. The summed E-state index contributed by atoms with van der Waals surface area (Å²) in [7, 11) is -3.23. The average Bonchev–Trinajstić information content (AvgIpc) is 2.47. The monoisotopic (exact) mass is 388 g/mol. The van der Waals surface area contributed by atoms with Gasteiger partial charge >= 0.3 is 0 Å². The lowest BCUT2D eigenvalue weighted by atomic mass is 9.99. The van der Waals surface area contributed by atoms with Crippen LogP contribution in [-0.2, 0) is 14.8 Å². The molecule has 0 aliphatic carbocycles. The first-order chi connectivity index (χ1) is 10.4. The van der Waals surface area contributed by atoms with Gasteiger partial charge in [0, 0.05) is 23.2 Å². The Balaban J connectivity index is 2.01. The molecule has 1 atom stereocenters. The standard InChI is InChI=1S/C15H21BrN2O3S/c1-2-9-22(20,21)18-8-4-5-12(11-18)15(19)17-14-7-3-6-13(16)10-14/h3,6-7,10,12H,2,4-5,8-9,11H2,1H3,(H,17,19)/t12-/m1/s1. The summed E-state index contributed by atoms with van der Waals surface area (Å²) in [5, 5.41) is 2.87. The number of sulfonamides is 1. The highest BCUT2D eigenvalue weighted by atomic mass is 79.9. The van der Waals surface area contributed by atoms with Crippen LogP contribution in [0.2, 0.25) is 0 Å². The number of carbonyl (C=O) groups excluding carboxylic acids is 1. The Bertz CT molecular complexity index is 633. The molecule has 0 saturated carbocycles. The third-order valence-corrected chi connectivity index (χ3v) is 6.24. The van der Waals surface area contributed by atoms with Gasteiger partial charge in [-0.2, -0.15) is 0 Å². The molecule has 1 amide bonds. The minimum absolute atomic E-state index is 0.116. The van der Waals surface area contributed by atoms with Crippen molar-refractivity contribution in [3.8, 4) is 0 Å². The number of anilines is 1. The summed E-state index contributed by atoms with van der Waals surface area (Å²) in [5.74, 6) is -0.263. The van der Waals surface area contributed by atoms with E-state index in [-0.39, 0.29) is 24.1 Å². The van der Waals surface area contributed by atoms with Gasteiger partial charge in [0.25, 0.3) is 0 Å². The zero-order chi connectivity index (χ0) is 16.2. The number of rotatable bonds is 5. The quantitative estimate of drug-likeness (QED) is 0.842. The molecule has 2 rings (SSSR count). The Morgan fingerprint density at radius 2 is 2.23 bits per heavy atom. The predicted molar refractivity (Wildman–Crippen MR) is 91.1 cm³/mol. The molecule has 1 fully saturated rings. The fraction of sp³-hybridized carbons (Fsp3) is 0.533. The normalized spacial score (nSPS) is 19.8. The molecule has 0 bridgehead atoms. The predicted octanol–water partition coefficient (Wildman–Crippen LogP) is 2.84. The maximum Gasteiger partial charge on any atom is 0.228 e. The van der Waals surface area contributed by atoms with E-state index in [1.165, 1.54) is 4.31 Å². The lowest BCUT2D eigenvalue weighted by Crippen LogP contribution is -2.44. The molecule has 0 unspecified atom stereocenters. The van der Waals surface area contributed by atoms with Gasteiger partial charge in [-0.1, -0.05) is 28.9 Å². The molecule has 5 nitrogen and oxygen atoms in total. The zero-order valence-corrected chi connectivity index (χ0v) is 15.0. The van der Waals surface area contributed by atoms with Gasteiger partial charge in [-0.15, -0.1) is 0 Å². The van der Waals surface area contributed by atoms with E-state index in [0.29, 0.717) is 18.7 Å². The molecule has 7 heteroatoms. The molecule has 0 aromatic heterocycles. The highest BCUT2D eigenvalue weighted by molar-refractivity contribution is 9.10. The first-order valence-electron chi connectivity index (χ1n) is 7.46. The summed E-state index contributed by atoms with van der Waals surface area (Å²) in [6, 6.07) is 7.37. The number of benzene rings is 1. The van der Waals surface area contributed by atoms with E-state index in [1.807, 2.05) is 31.2 Å². The van der Waals surface area contributed by atoms with E-state index in [9.17, 15) is 13.2 Å². The minimum atomic E-state index is -3.23. The van der Waals surface area contributed by atoms with Crippen molar-refractivity contribution in [3.63, 3.8) is 0 Å². The van der Waals surface area contributed by atoms with Crippen LogP contribution in [0.3, 0.4) is 0 Å². The van der Waals surface area contributed by atoms with Crippen molar-refractivity contribution in [2.24, 2.45) is 5.92 Å². The van der Waals surface area contributed by atoms with Crippen LogP contribution in [0.4, 0.5) is 5.69 Å². The molecule has 0 radical (unpaired) electrons. The lowest BCUT2D eigenvalue weighted by molar-refractivity contribution is -0.120. The van der Waals surface area contributed by atoms with E-state index in [4.69, 9.17) is 0 Å². The van der Waals surface area contributed by atoms with Gasteiger partial charge < -0.3 is 5.32 Å². The second-order valence-electron chi connectivity index (χ2n) is 5.51. The Morgan fingerprint density at radius 3 is 2.91 bits per heavy atom. The molecule has 1 aliphatic rings. The summed E-state index contributed by atoms with van der Waals surface area (Å²) in [6.07, 6.45) is 2.03. The van der Waals surface area contributed by atoms with Crippen molar-refractivity contribution in [3.05, 3.63) is 28.7 Å². The van der Waals surface area contributed by atoms with Gasteiger partial charge in [-0.05, 0) is 37.5 Å². The number of nitrogens with zero attached hydrogens (tertiary/aromatic N) is 1. The van der Waals surface area contributed by atoms with Crippen molar-refractivity contribution in [1.82, 2.24) is 4.31 Å². The first kappa shape index (κ1) is 17.4. The maximum atomic E-state index is 12.4. The highest BCUT2D eigenvalue weighted by Gasteiger charge is 2.31. The summed E-state index contributed by atoms with van der Waals surface area (Å²) in [5.41, 5.74) is 0.716. The van der Waals surface area contributed by atoms with Crippen LogP contribution < -0.4 is 5.32 Å². The van der Waals surface area contributed by atoms with Crippen molar-refractivity contribution in [2.45, 2.75) is 26.2 Å². The maximum absolute atomic E-state index is 12.4. The molecule has 1 heterocycles. The van der Waals surface area contributed by atoms with Crippen LogP contribution in [0.5, 0.6) is 0 Å². The average molecular weight is 389 g/mol. The van der Waals surface area contributed by atoms with E-state index in [0.717, 1.165) is 17.3 Å². The highest BCUT2D eigenvalue weighted by Crippen LogP contribution is 2.22. The fourth-order valence-corrected chi connectivity index (χ4v) is 4.59. The molecular formula is C15H21BrN2O3S. The topological polar surface area (TPSA) is 66.5 Å². The van der Waals surface area contributed by atoms with Gasteiger partial charge in [0.2, 0.25) is 15.9 Å². The Labute approximate surface area is 140 Å². The van der Waals surface area contributed by atoms with Crippen molar-refractivity contribution >= 4 is 37.5 Å². The number of halogens is 1. The van der Waals surface area contributed by atoms with Gasteiger partial charge in [0.15, 0.2) is 0 Å². The van der Waals surface area contributed by atoms with Gasteiger partial charge in [0.1, 0.15) is 0 Å². The molecule has 1 aliphatic heterocycles. The van der Waals surface area contributed by atoms with E-state index < -0.39 is 10.0 Å². The van der Waals surface area contributed by atoms with Gasteiger partial charge in [-0.25, -0.2) is 12.7 Å². The molecule has 22 heavy (non-hydrogen) atoms. The Hall–Kier alpha value is -0.920. The SMILES string of the molecule is CCCS(=O)(=O)N1CCC[C@@H](C(=O)Nc2cccc(Br)c2)C1. The van der Waals surface area contributed by atoms with E-state index in [1.54, 1.807) is 0 Å². The van der Waals surface area contributed by atoms with Crippen LogP contribution in [0.25, 0.3) is 0 Å². The third kappa shape index (κ3) is 4.54. The second kappa shape index (κ2) is 7.57. The Morgan fingerprint density at radius 1 is 1.45 bits per heavy atom. The number of hydrogen-bond acceptors (Lipinski definition) is 3. The molecule has 1 aromatic carbocycles. The number of hydrogen-bond donors (Lipinski definition) is 1. The summed E-state index contributed by atoms with van der Waals surface area (Å²) in [6.45, 7) is 2.64. The molecule has 1 aromatic rings. The van der Waals surface area contributed by atoms with E-state index >= 15 is 0 Å². The largest absolute Gasteiger partial charge is 0.326 e. The number of piperidine rings is 1. The molecule has 1 N–H and O–H groups in total. The second-order valence-corrected chi connectivity index (χ2v) is 8.52. The first-order valence-corrected chi connectivity index (χ1v) is 9.87. The molecule has 122 valence electrons. The van der Waals surface area contributed by atoms with Crippen LogP contribution in [-0.4, -0.2) is 37.5 Å². The lowest BCUT2D eigenvalue weighted by Gasteiger charge is -2.31. The van der Waals surface area contributed by atoms with Gasteiger partial charge in [-0.3, -0.25) is 4.79 Å². The smallest absolute Gasteiger partial charge is 0.228 e. The van der Waals surface area contributed by atoms with Crippen LogP contribution in [0.1, 0.15) is 26.2 Å². The van der Waals surface area contributed by atoms with Crippen molar-refractivity contribution in [1.29, 1.82) is 0 Å². The Kier molecular flexibility index (Phi) is 6.00. The third-order valence-electron chi connectivity index (χ3n) is 3.70. The fourth-order valence-electron chi connectivity index (χ4n) is 2.61. The van der Waals surface area contributed by atoms with Crippen LogP contribution in [0.15, 0.2) is 28.7 Å². The summed E-state index contributed by atoms with van der Waals surface area (Å²) < 4.78 is 26.6. The molecule has 1 saturated heterocycles. The summed E-state index contributed by atoms with van der Waals surface area (Å²) in [4.78, 5) is 12.4. The van der Waals surface area contributed by atoms with Gasteiger partial charge in [0.05, 0.1) is 11.7 Å². The number of nitrogens with one attached hydrogen (secondary N) is 1. The van der Waals surface area contributed by atoms with E-state index in [2.05, 4.69) is 21.2 Å². The van der Waals surface area contributed by atoms with Crippen molar-refractivity contribution in [2.75, 3.05) is 24.2 Å². The van der Waals surface area contributed by atoms with Crippen LogP contribution in [0, 0.1) is 5.92 Å². The molecule has 0 spiro atoms.